The van der Waals surface area contributed by atoms with E-state index in [4.69, 9.17) is 14.7 Å². The van der Waals surface area contributed by atoms with Crippen molar-refractivity contribution in [2.75, 3.05) is 13.7 Å². The Balaban J connectivity index is 1.97. The zero-order chi connectivity index (χ0) is 15.9. The Kier molecular flexibility index (Phi) is 5.42. The van der Waals surface area contributed by atoms with Gasteiger partial charge < -0.3 is 14.8 Å². The maximum atomic E-state index is 11.8. The summed E-state index contributed by atoms with van der Waals surface area (Å²) in [6, 6.07) is 7.44. The molecule has 5 nitrogen and oxygen atoms in total. The second kappa shape index (κ2) is 7.51. The highest BCUT2D eigenvalue weighted by molar-refractivity contribution is 5.92. The molecule has 1 aromatic carbocycles. The molecule has 1 saturated carbocycles. The van der Waals surface area contributed by atoms with Gasteiger partial charge in [-0.2, -0.15) is 5.26 Å². The quantitative estimate of drug-likeness (QED) is 0.785. The van der Waals surface area contributed by atoms with Crippen LogP contribution in [-0.2, 0) is 4.79 Å². The van der Waals surface area contributed by atoms with E-state index in [0.29, 0.717) is 17.4 Å². The first kappa shape index (κ1) is 15.9. The molecular formula is C17H20N2O3. The average molecular weight is 300 g/mol. The van der Waals surface area contributed by atoms with Crippen molar-refractivity contribution in [1.29, 1.82) is 5.26 Å². The van der Waals surface area contributed by atoms with Gasteiger partial charge in [0, 0.05) is 12.1 Å². The highest BCUT2D eigenvalue weighted by atomic mass is 16.5. The molecule has 1 amide bonds. The molecule has 5 heteroatoms. The average Bonchev–Trinajstić information content (AvgIpc) is 3.36. The van der Waals surface area contributed by atoms with Crippen LogP contribution in [0.4, 0.5) is 0 Å². The lowest BCUT2D eigenvalue weighted by molar-refractivity contribution is -0.117. The summed E-state index contributed by atoms with van der Waals surface area (Å²) in [5, 5.41) is 11.5. The minimum absolute atomic E-state index is 0.0347. The number of nitrogens with one attached hydrogen (secondary N) is 1. The van der Waals surface area contributed by atoms with Crippen LogP contribution < -0.4 is 14.8 Å². The van der Waals surface area contributed by atoms with Gasteiger partial charge in [0.15, 0.2) is 18.1 Å². The molecule has 1 aliphatic rings. The van der Waals surface area contributed by atoms with Crippen molar-refractivity contribution in [3.8, 4) is 17.6 Å². The number of hydrogen-bond acceptors (Lipinski definition) is 4. The number of carbonyl (C=O) groups excluding carboxylic acids is 1. The van der Waals surface area contributed by atoms with Gasteiger partial charge in [0.2, 0.25) is 5.91 Å². The van der Waals surface area contributed by atoms with Crippen molar-refractivity contribution in [2.45, 2.75) is 25.8 Å². The summed E-state index contributed by atoms with van der Waals surface area (Å²) in [4.78, 5) is 11.8. The number of benzene rings is 1. The van der Waals surface area contributed by atoms with Crippen molar-refractivity contribution >= 4 is 12.0 Å². The number of ether oxygens (including phenoxy) is 2. The van der Waals surface area contributed by atoms with Gasteiger partial charge in [0.1, 0.15) is 6.07 Å². The molecule has 1 aliphatic carbocycles. The topological polar surface area (TPSA) is 71.3 Å². The third kappa shape index (κ3) is 4.52. The van der Waals surface area contributed by atoms with Crippen molar-refractivity contribution in [2.24, 2.45) is 5.92 Å². The van der Waals surface area contributed by atoms with Gasteiger partial charge in [-0.05, 0) is 49.5 Å². The van der Waals surface area contributed by atoms with E-state index in [0.717, 1.165) is 5.56 Å². The third-order valence-electron chi connectivity index (χ3n) is 3.61. The van der Waals surface area contributed by atoms with E-state index in [1.165, 1.54) is 26.0 Å². The number of amides is 1. The van der Waals surface area contributed by atoms with Gasteiger partial charge in [-0.3, -0.25) is 4.79 Å². The van der Waals surface area contributed by atoms with E-state index >= 15 is 0 Å². The Bertz CT molecular complexity index is 600. The van der Waals surface area contributed by atoms with Crippen LogP contribution in [-0.4, -0.2) is 25.7 Å². The van der Waals surface area contributed by atoms with Crippen molar-refractivity contribution in [3.63, 3.8) is 0 Å². The number of carbonyl (C=O) groups is 1. The van der Waals surface area contributed by atoms with Crippen LogP contribution in [0.25, 0.3) is 6.08 Å². The number of nitrogens with zero attached hydrogens (tertiary/aromatic N) is 1. The van der Waals surface area contributed by atoms with Crippen LogP contribution in [0.15, 0.2) is 24.3 Å². The van der Waals surface area contributed by atoms with Gasteiger partial charge >= 0.3 is 0 Å². The van der Waals surface area contributed by atoms with Gasteiger partial charge in [0.25, 0.3) is 0 Å². The summed E-state index contributed by atoms with van der Waals surface area (Å²) in [6.45, 7) is 2.00. The minimum atomic E-state index is -0.0943. The molecule has 1 atom stereocenters. The normalized spacial score (nSPS) is 15.1. The zero-order valence-electron chi connectivity index (χ0n) is 12.8. The lowest BCUT2D eigenvalue weighted by Gasteiger charge is -2.10. The number of rotatable bonds is 7. The molecule has 1 aromatic rings. The summed E-state index contributed by atoms with van der Waals surface area (Å²) in [6.07, 6.45) is 5.65. The van der Waals surface area contributed by atoms with Crippen molar-refractivity contribution in [1.82, 2.24) is 5.32 Å². The standard InChI is InChI=1S/C17H20N2O3/c1-12(14-5-6-14)19-17(20)8-4-13-3-7-15(22-10-9-18)16(11-13)21-2/h3-4,7-8,11-12,14H,5-6,10H2,1-2H3,(H,19,20)/b8-4+/t12-/m1/s1. The van der Waals surface area contributed by atoms with Crippen LogP contribution in [0.1, 0.15) is 25.3 Å². The molecule has 22 heavy (non-hydrogen) atoms. The lowest BCUT2D eigenvalue weighted by Crippen LogP contribution is -2.32. The summed E-state index contributed by atoms with van der Waals surface area (Å²) < 4.78 is 10.5. The number of nitriles is 1. The molecule has 1 N–H and O–H groups in total. The molecule has 0 spiro atoms. The summed E-state index contributed by atoms with van der Waals surface area (Å²) in [5.41, 5.74) is 0.829. The molecule has 0 bridgehead atoms. The lowest BCUT2D eigenvalue weighted by atomic mass is 10.1. The second-order valence-electron chi connectivity index (χ2n) is 5.33. The Morgan fingerprint density at radius 1 is 1.50 bits per heavy atom. The van der Waals surface area contributed by atoms with Crippen molar-refractivity contribution < 1.29 is 14.3 Å². The SMILES string of the molecule is COc1cc(/C=C/C(=O)N[C@H](C)C2CC2)ccc1OCC#N. The largest absolute Gasteiger partial charge is 0.493 e. The monoisotopic (exact) mass is 300 g/mol. The first-order valence-corrected chi connectivity index (χ1v) is 7.30. The van der Waals surface area contributed by atoms with Crippen LogP contribution in [0.3, 0.4) is 0 Å². The van der Waals surface area contributed by atoms with E-state index in [2.05, 4.69) is 5.32 Å². The molecule has 0 saturated heterocycles. The maximum absolute atomic E-state index is 11.8. The third-order valence-corrected chi connectivity index (χ3v) is 3.61. The highest BCUT2D eigenvalue weighted by Gasteiger charge is 2.28. The molecule has 0 aromatic heterocycles. The van der Waals surface area contributed by atoms with Crippen LogP contribution in [0.2, 0.25) is 0 Å². The first-order chi connectivity index (χ1) is 10.6. The van der Waals surface area contributed by atoms with Gasteiger partial charge in [-0.1, -0.05) is 6.07 Å². The summed E-state index contributed by atoms with van der Waals surface area (Å²) in [7, 11) is 1.53. The second-order valence-corrected chi connectivity index (χ2v) is 5.33. The first-order valence-electron chi connectivity index (χ1n) is 7.30. The van der Waals surface area contributed by atoms with E-state index < -0.39 is 0 Å². The van der Waals surface area contributed by atoms with Gasteiger partial charge in [-0.15, -0.1) is 0 Å². The molecular weight excluding hydrogens is 280 g/mol. The predicted molar refractivity (Wildman–Crippen MR) is 83.5 cm³/mol. The van der Waals surface area contributed by atoms with Gasteiger partial charge in [0.05, 0.1) is 7.11 Å². The van der Waals surface area contributed by atoms with Crippen LogP contribution in [0, 0.1) is 17.2 Å². The van der Waals surface area contributed by atoms with Crippen molar-refractivity contribution in [3.05, 3.63) is 29.8 Å². The summed E-state index contributed by atoms with van der Waals surface area (Å²) >= 11 is 0. The molecule has 0 radical (unpaired) electrons. The zero-order valence-corrected chi connectivity index (χ0v) is 12.8. The highest BCUT2D eigenvalue weighted by Crippen LogP contribution is 2.32. The Morgan fingerprint density at radius 3 is 2.91 bits per heavy atom. The molecule has 0 unspecified atom stereocenters. The van der Waals surface area contributed by atoms with Crippen LogP contribution >= 0.6 is 0 Å². The Labute approximate surface area is 130 Å². The molecule has 116 valence electrons. The Hall–Kier alpha value is -2.48. The molecule has 0 aliphatic heterocycles. The predicted octanol–water partition coefficient (Wildman–Crippen LogP) is 2.53. The molecule has 2 rings (SSSR count). The smallest absolute Gasteiger partial charge is 0.244 e. The fraction of sp³-hybridized carbons (Fsp3) is 0.412. The van der Waals surface area contributed by atoms with E-state index in [1.807, 2.05) is 19.1 Å². The molecule has 0 heterocycles. The fourth-order valence-corrected chi connectivity index (χ4v) is 2.18. The van der Waals surface area contributed by atoms with Crippen LogP contribution in [0.5, 0.6) is 11.5 Å². The molecule has 1 fully saturated rings. The van der Waals surface area contributed by atoms with E-state index in [9.17, 15) is 4.79 Å². The number of methoxy groups -OCH3 is 1. The van der Waals surface area contributed by atoms with Gasteiger partial charge in [-0.25, -0.2) is 0 Å². The Morgan fingerprint density at radius 2 is 2.27 bits per heavy atom. The summed E-state index contributed by atoms with van der Waals surface area (Å²) in [5.74, 6) is 1.58. The fourth-order valence-electron chi connectivity index (χ4n) is 2.18. The maximum Gasteiger partial charge on any atom is 0.244 e. The van der Waals surface area contributed by atoms with E-state index in [1.54, 1.807) is 18.2 Å². The number of hydrogen-bond donors (Lipinski definition) is 1. The van der Waals surface area contributed by atoms with E-state index in [-0.39, 0.29) is 18.6 Å². The minimum Gasteiger partial charge on any atom is -0.493 e.